The highest BCUT2D eigenvalue weighted by atomic mass is 19.2. The average Bonchev–Trinajstić information content (AvgIpc) is 2.91. The van der Waals surface area contributed by atoms with Gasteiger partial charge in [0.15, 0.2) is 11.6 Å². The van der Waals surface area contributed by atoms with Crippen molar-refractivity contribution < 1.29 is 13.6 Å². The standard InChI is InChI=1S/C11H11F2NO/c1-6-5-7(6)11(15)14-9-4-2-3-8(12)10(9)13/h2-4,6-7H,5H2,1H3,(H,14,15). The summed E-state index contributed by atoms with van der Waals surface area (Å²) < 4.78 is 25.9. The van der Waals surface area contributed by atoms with Crippen LogP contribution in [0.2, 0.25) is 0 Å². The van der Waals surface area contributed by atoms with Gasteiger partial charge >= 0.3 is 0 Å². The monoisotopic (exact) mass is 211 g/mol. The summed E-state index contributed by atoms with van der Waals surface area (Å²) in [6.45, 7) is 1.95. The van der Waals surface area contributed by atoms with E-state index in [1.807, 2.05) is 6.92 Å². The first kappa shape index (κ1) is 10.1. The molecular weight excluding hydrogens is 200 g/mol. The zero-order valence-electron chi connectivity index (χ0n) is 8.26. The highest BCUT2D eigenvalue weighted by Gasteiger charge is 2.39. The molecule has 2 rings (SSSR count). The first-order valence-corrected chi connectivity index (χ1v) is 4.84. The van der Waals surface area contributed by atoms with Crippen LogP contribution in [0.3, 0.4) is 0 Å². The maximum atomic E-state index is 13.2. The summed E-state index contributed by atoms with van der Waals surface area (Å²) in [4.78, 5) is 11.4. The molecule has 4 heteroatoms. The number of carbonyl (C=O) groups excluding carboxylic acids is 1. The minimum absolute atomic E-state index is 0.0485. The molecule has 1 aromatic carbocycles. The SMILES string of the molecule is CC1CC1C(=O)Nc1cccc(F)c1F. The fraction of sp³-hybridized carbons (Fsp3) is 0.364. The molecule has 2 nitrogen and oxygen atoms in total. The molecule has 80 valence electrons. The van der Waals surface area contributed by atoms with Gasteiger partial charge in [-0.05, 0) is 24.5 Å². The maximum absolute atomic E-state index is 13.2. The molecule has 1 amide bonds. The first-order valence-electron chi connectivity index (χ1n) is 4.84. The molecule has 15 heavy (non-hydrogen) atoms. The number of rotatable bonds is 2. The number of hydrogen-bond acceptors (Lipinski definition) is 1. The van der Waals surface area contributed by atoms with E-state index in [9.17, 15) is 13.6 Å². The lowest BCUT2D eigenvalue weighted by Crippen LogP contribution is -2.15. The van der Waals surface area contributed by atoms with Crippen molar-refractivity contribution in [2.24, 2.45) is 11.8 Å². The Morgan fingerprint density at radius 2 is 2.13 bits per heavy atom. The van der Waals surface area contributed by atoms with Gasteiger partial charge < -0.3 is 5.32 Å². The van der Waals surface area contributed by atoms with Crippen LogP contribution in [0.5, 0.6) is 0 Å². The summed E-state index contributed by atoms with van der Waals surface area (Å²) in [6.07, 6.45) is 0.822. The summed E-state index contributed by atoms with van der Waals surface area (Å²) in [6, 6.07) is 3.73. The van der Waals surface area contributed by atoms with Crippen molar-refractivity contribution in [1.82, 2.24) is 0 Å². The summed E-state index contributed by atoms with van der Waals surface area (Å²) in [7, 11) is 0. The third kappa shape index (κ3) is 1.98. The van der Waals surface area contributed by atoms with Gasteiger partial charge in [0.1, 0.15) is 0 Å². The van der Waals surface area contributed by atoms with Crippen LogP contribution in [0.25, 0.3) is 0 Å². The summed E-state index contributed by atoms with van der Waals surface area (Å²) >= 11 is 0. The van der Waals surface area contributed by atoms with Crippen LogP contribution in [0.15, 0.2) is 18.2 Å². The van der Waals surface area contributed by atoms with E-state index in [0.29, 0.717) is 5.92 Å². The van der Waals surface area contributed by atoms with Crippen LogP contribution in [-0.4, -0.2) is 5.91 Å². The molecule has 1 aliphatic rings. The van der Waals surface area contributed by atoms with Gasteiger partial charge in [-0.3, -0.25) is 4.79 Å². The van der Waals surface area contributed by atoms with Crippen molar-refractivity contribution in [2.75, 3.05) is 5.32 Å². The van der Waals surface area contributed by atoms with E-state index < -0.39 is 11.6 Å². The lowest BCUT2D eigenvalue weighted by atomic mass is 10.2. The van der Waals surface area contributed by atoms with E-state index in [0.717, 1.165) is 12.5 Å². The molecule has 2 atom stereocenters. The zero-order valence-corrected chi connectivity index (χ0v) is 8.26. The molecule has 0 heterocycles. The third-order valence-electron chi connectivity index (χ3n) is 2.66. The predicted molar refractivity (Wildman–Crippen MR) is 52.3 cm³/mol. The zero-order chi connectivity index (χ0) is 11.0. The van der Waals surface area contributed by atoms with E-state index in [1.54, 1.807) is 0 Å². The molecule has 1 fully saturated rings. The molecule has 2 unspecified atom stereocenters. The van der Waals surface area contributed by atoms with Crippen molar-refractivity contribution >= 4 is 11.6 Å². The van der Waals surface area contributed by atoms with Crippen LogP contribution in [0.4, 0.5) is 14.5 Å². The maximum Gasteiger partial charge on any atom is 0.227 e. The third-order valence-corrected chi connectivity index (χ3v) is 2.66. The van der Waals surface area contributed by atoms with E-state index in [2.05, 4.69) is 5.32 Å². The smallest absolute Gasteiger partial charge is 0.227 e. The highest BCUT2D eigenvalue weighted by molar-refractivity contribution is 5.94. The number of carbonyl (C=O) groups is 1. The normalized spacial score (nSPS) is 23.7. The number of anilines is 1. The predicted octanol–water partition coefficient (Wildman–Crippen LogP) is 2.56. The van der Waals surface area contributed by atoms with Gasteiger partial charge in [0.25, 0.3) is 0 Å². The first-order chi connectivity index (χ1) is 7.09. The Kier molecular flexibility index (Phi) is 2.42. The number of nitrogens with one attached hydrogen (secondary N) is 1. The molecule has 0 bridgehead atoms. The Morgan fingerprint density at radius 3 is 2.73 bits per heavy atom. The second kappa shape index (κ2) is 3.61. The fourth-order valence-corrected chi connectivity index (χ4v) is 1.51. The molecule has 0 aromatic heterocycles. The quantitative estimate of drug-likeness (QED) is 0.800. The van der Waals surface area contributed by atoms with Crippen LogP contribution < -0.4 is 5.32 Å². The molecule has 0 radical (unpaired) electrons. The molecule has 0 saturated heterocycles. The van der Waals surface area contributed by atoms with Gasteiger partial charge in [-0.1, -0.05) is 13.0 Å². The van der Waals surface area contributed by atoms with E-state index in [4.69, 9.17) is 0 Å². The highest BCUT2D eigenvalue weighted by Crippen LogP contribution is 2.38. The largest absolute Gasteiger partial charge is 0.323 e. The molecular formula is C11H11F2NO. The fourth-order valence-electron chi connectivity index (χ4n) is 1.51. The van der Waals surface area contributed by atoms with Crippen molar-refractivity contribution in [1.29, 1.82) is 0 Å². The Labute approximate surface area is 86.3 Å². The van der Waals surface area contributed by atoms with Gasteiger partial charge in [-0.15, -0.1) is 0 Å². The summed E-state index contributed by atoms with van der Waals surface area (Å²) in [5.41, 5.74) is -0.0842. The van der Waals surface area contributed by atoms with E-state index in [-0.39, 0.29) is 17.5 Å². The topological polar surface area (TPSA) is 29.1 Å². The van der Waals surface area contributed by atoms with Crippen LogP contribution >= 0.6 is 0 Å². The summed E-state index contributed by atoms with van der Waals surface area (Å²) in [5.74, 6) is -1.88. The van der Waals surface area contributed by atoms with Crippen LogP contribution in [0, 0.1) is 23.5 Å². The molecule has 1 N–H and O–H groups in total. The minimum atomic E-state index is -1.00. The van der Waals surface area contributed by atoms with Gasteiger partial charge in [0.05, 0.1) is 5.69 Å². The Morgan fingerprint density at radius 1 is 1.47 bits per heavy atom. The lowest BCUT2D eigenvalue weighted by molar-refractivity contribution is -0.117. The Bertz CT molecular complexity index is 406. The van der Waals surface area contributed by atoms with E-state index in [1.165, 1.54) is 12.1 Å². The van der Waals surface area contributed by atoms with E-state index >= 15 is 0 Å². The van der Waals surface area contributed by atoms with Gasteiger partial charge in [0.2, 0.25) is 5.91 Å². The number of halogens is 2. The molecule has 1 aromatic rings. The molecule has 1 aliphatic carbocycles. The van der Waals surface area contributed by atoms with Gasteiger partial charge in [0, 0.05) is 5.92 Å². The molecule has 0 aliphatic heterocycles. The second-order valence-corrected chi connectivity index (χ2v) is 3.91. The van der Waals surface area contributed by atoms with Gasteiger partial charge in [-0.25, -0.2) is 8.78 Å². The minimum Gasteiger partial charge on any atom is -0.323 e. The average molecular weight is 211 g/mol. The number of amides is 1. The van der Waals surface area contributed by atoms with Gasteiger partial charge in [-0.2, -0.15) is 0 Å². The summed E-state index contributed by atoms with van der Waals surface area (Å²) in [5, 5.41) is 2.39. The second-order valence-electron chi connectivity index (χ2n) is 3.91. The molecule has 1 saturated carbocycles. The number of hydrogen-bond donors (Lipinski definition) is 1. The van der Waals surface area contributed by atoms with Crippen molar-refractivity contribution in [3.8, 4) is 0 Å². The Hall–Kier alpha value is -1.45. The number of benzene rings is 1. The van der Waals surface area contributed by atoms with Crippen LogP contribution in [0.1, 0.15) is 13.3 Å². The Balaban J connectivity index is 2.10. The van der Waals surface area contributed by atoms with Crippen molar-refractivity contribution in [3.05, 3.63) is 29.8 Å². The van der Waals surface area contributed by atoms with Crippen molar-refractivity contribution in [2.45, 2.75) is 13.3 Å². The van der Waals surface area contributed by atoms with Crippen molar-refractivity contribution in [3.63, 3.8) is 0 Å². The van der Waals surface area contributed by atoms with Crippen LogP contribution in [-0.2, 0) is 4.79 Å². The molecule has 0 spiro atoms. The lowest BCUT2D eigenvalue weighted by Gasteiger charge is -2.05.